The van der Waals surface area contributed by atoms with Gasteiger partial charge in [0.1, 0.15) is 5.82 Å². The molecule has 0 aromatic heterocycles. The van der Waals surface area contributed by atoms with E-state index in [0.29, 0.717) is 0 Å². The van der Waals surface area contributed by atoms with E-state index < -0.39 is 11.9 Å². The van der Waals surface area contributed by atoms with Crippen molar-refractivity contribution in [2.24, 2.45) is 0 Å². The van der Waals surface area contributed by atoms with Crippen LogP contribution in [-0.2, 0) is 5.41 Å². The van der Waals surface area contributed by atoms with Gasteiger partial charge in [-0.1, -0.05) is 30.5 Å². The molecule has 0 spiro atoms. The second-order valence-corrected chi connectivity index (χ2v) is 6.19. The zero-order valence-electron chi connectivity index (χ0n) is 11.5. The smallest absolute Gasteiger partial charge is 0.142 e. The van der Waals surface area contributed by atoms with Crippen molar-refractivity contribution in [3.05, 3.63) is 34.6 Å². The highest BCUT2D eigenvalue weighted by molar-refractivity contribution is 6.30. The first-order chi connectivity index (χ1) is 8.95. The molecular weight excluding hydrogens is 265 g/mol. The lowest BCUT2D eigenvalue weighted by Gasteiger charge is -2.43. The third kappa shape index (κ3) is 2.93. The second-order valence-electron chi connectivity index (χ2n) is 5.78. The molecule has 1 saturated carbocycles. The van der Waals surface area contributed by atoms with Crippen LogP contribution in [-0.4, -0.2) is 36.8 Å². The van der Waals surface area contributed by atoms with Crippen LogP contribution in [0.4, 0.5) is 4.39 Å². The number of hydrogen-bond acceptors (Lipinski definition) is 2. The SMILES string of the molecule is CN(C)C[C@]1(c2ccc(Cl)c(F)c2)CCCC[C@H]1O. The molecule has 0 unspecified atom stereocenters. The van der Waals surface area contributed by atoms with Crippen molar-refractivity contribution in [3.8, 4) is 0 Å². The Bertz CT molecular complexity index is 452. The number of benzene rings is 1. The molecule has 19 heavy (non-hydrogen) atoms. The van der Waals surface area contributed by atoms with Crippen molar-refractivity contribution in [3.63, 3.8) is 0 Å². The maximum Gasteiger partial charge on any atom is 0.142 e. The van der Waals surface area contributed by atoms with Crippen molar-refractivity contribution >= 4 is 11.6 Å². The van der Waals surface area contributed by atoms with E-state index in [1.807, 2.05) is 20.2 Å². The summed E-state index contributed by atoms with van der Waals surface area (Å²) < 4.78 is 13.7. The Balaban J connectivity index is 2.43. The number of halogens is 2. The highest BCUT2D eigenvalue weighted by Gasteiger charge is 2.42. The Labute approximate surface area is 119 Å². The summed E-state index contributed by atoms with van der Waals surface area (Å²) >= 11 is 5.76. The third-order valence-electron chi connectivity index (χ3n) is 4.08. The molecule has 0 amide bonds. The lowest BCUT2D eigenvalue weighted by Crippen LogP contribution is -2.49. The van der Waals surface area contributed by atoms with Crippen LogP contribution >= 0.6 is 11.6 Å². The Hall–Kier alpha value is -0.640. The van der Waals surface area contributed by atoms with Gasteiger partial charge < -0.3 is 10.0 Å². The Morgan fingerprint density at radius 1 is 1.42 bits per heavy atom. The van der Waals surface area contributed by atoms with Crippen molar-refractivity contribution in [2.45, 2.75) is 37.2 Å². The average molecular weight is 286 g/mol. The summed E-state index contributed by atoms with van der Waals surface area (Å²) in [6.45, 7) is 0.717. The standard InChI is InChI=1S/C15H21ClFNO/c1-18(2)10-15(8-4-3-5-14(15)19)11-6-7-12(16)13(17)9-11/h6-7,9,14,19H,3-5,8,10H2,1-2H3/t14-,15+/m1/s1. The molecule has 1 aromatic carbocycles. The molecule has 4 heteroatoms. The number of hydrogen-bond donors (Lipinski definition) is 1. The van der Waals surface area contributed by atoms with E-state index in [4.69, 9.17) is 11.6 Å². The van der Waals surface area contributed by atoms with Crippen molar-refractivity contribution in [1.82, 2.24) is 4.90 Å². The fourth-order valence-electron chi connectivity index (χ4n) is 3.20. The van der Waals surface area contributed by atoms with Crippen LogP contribution in [0.3, 0.4) is 0 Å². The highest BCUT2D eigenvalue weighted by atomic mass is 35.5. The largest absolute Gasteiger partial charge is 0.392 e. The number of likely N-dealkylation sites (N-methyl/N-ethyl adjacent to an activating group) is 1. The summed E-state index contributed by atoms with van der Waals surface area (Å²) in [4.78, 5) is 2.06. The fraction of sp³-hybridized carbons (Fsp3) is 0.600. The maximum atomic E-state index is 13.7. The number of nitrogens with zero attached hydrogens (tertiary/aromatic N) is 1. The molecule has 2 rings (SSSR count). The van der Waals surface area contributed by atoms with Gasteiger partial charge in [-0.15, -0.1) is 0 Å². The average Bonchev–Trinajstić information content (AvgIpc) is 2.35. The predicted molar refractivity (Wildman–Crippen MR) is 76.1 cm³/mol. The molecule has 2 atom stereocenters. The number of aliphatic hydroxyl groups excluding tert-OH is 1. The van der Waals surface area contributed by atoms with Crippen LogP contribution in [0.1, 0.15) is 31.2 Å². The van der Waals surface area contributed by atoms with Gasteiger partial charge in [0.05, 0.1) is 11.1 Å². The van der Waals surface area contributed by atoms with Gasteiger partial charge in [-0.05, 0) is 44.6 Å². The molecule has 1 aliphatic rings. The molecule has 2 nitrogen and oxygen atoms in total. The predicted octanol–water partition coefficient (Wildman–Crippen LogP) is 3.21. The molecule has 1 aromatic rings. The van der Waals surface area contributed by atoms with E-state index in [9.17, 15) is 9.50 Å². The summed E-state index contributed by atoms with van der Waals surface area (Å²) in [6, 6.07) is 4.93. The Morgan fingerprint density at radius 2 is 2.16 bits per heavy atom. The lowest BCUT2D eigenvalue weighted by molar-refractivity contribution is 0.0263. The van der Waals surface area contributed by atoms with E-state index in [1.54, 1.807) is 6.07 Å². The summed E-state index contributed by atoms with van der Waals surface area (Å²) in [5.41, 5.74) is 0.475. The monoisotopic (exact) mass is 285 g/mol. The Kier molecular flexibility index (Phi) is 4.49. The van der Waals surface area contributed by atoms with Crippen LogP contribution < -0.4 is 0 Å². The van der Waals surface area contributed by atoms with Crippen molar-refractivity contribution in [1.29, 1.82) is 0 Å². The van der Waals surface area contributed by atoms with Crippen molar-refractivity contribution in [2.75, 3.05) is 20.6 Å². The van der Waals surface area contributed by atoms with Crippen molar-refractivity contribution < 1.29 is 9.50 Å². The van der Waals surface area contributed by atoms with E-state index in [-0.39, 0.29) is 10.4 Å². The molecule has 0 radical (unpaired) electrons. The van der Waals surface area contributed by atoms with E-state index in [1.165, 1.54) is 6.07 Å². The third-order valence-corrected chi connectivity index (χ3v) is 4.39. The normalized spacial score (nSPS) is 27.8. The quantitative estimate of drug-likeness (QED) is 0.922. The van der Waals surface area contributed by atoms with Gasteiger partial charge >= 0.3 is 0 Å². The number of aliphatic hydroxyl groups is 1. The van der Waals surface area contributed by atoms with Gasteiger partial charge in [0.2, 0.25) is 0 Å². The molecule has 1 N–H and O–H groups in total. The molecule has 0 heterocycles. The van der Waals surface area contributed by atoms with Crippen LogP contribution in [0, 0.1) is 5.82 Å². The second kappa shape index (κ2) is 5.78. The first kappa shape index (κ1) is 14.8. The van der Waals surface area contributed by atoms with E-state index in [0.717, 1.165) is 37.8 Å². The Morgan fingerprint density at radius 3 is 2.74 bits per heavy atom. The minimum absolute atomic E-state index is 0.133. The van der Waals surface area contributed by atoms with E-state index >= 15 is 0 Å². The van der Waals surface area contributed by atoms with Gasteiger partial charge in [0.15, 0.2) is 0 Å². The summed E-state index contributed by atoms with van der Waals surface area (Å²) in [6.07, 6.45) is 3.33. The minimum Gasteiger partial charge on any atom is -0.392 e. The van der Waals surface area contributed by atoms with Gasteiger partial charge in [0, 0.05) is 12.0 Å². The summed E-state index contributed by atoms with van der Waals surface area (Å²) in [7, 11) is 3.96. The molecular formula is C15H21ClFNO. The highest BCUT2D eigenvalue weighted by Crippen LogP contribution is 2.41. The first-order valence-electron chi connectivity index (χ1n) is 6.74. The van der Waals surface area contributed by atoms with Gasteiger partial charge in [-0.3, -0.25) is 0 Å². The molecule has 1 aliphatic carbocycles. The van der Waals surface area contributed by atoms with Crippen LogP contribution in [0.25, 0.3) is 0 Å². The minimum atomic E-state index is -0.427. The molecule has 0 aliphatic heterocycles. The van der Waals surface area contributed by atoms with Crippen LogP contribution in [0.15, 0.2) is 18.2 Å². The molecule has 0 bridgehead atoms. The topological polar surface area (TPSA) is 23.5 Å². The maximum absolute atomic E-state index is 13.7. The molecule has 106 valence electrons. The summed E-state index contributed by atoms with van der Waals surface area (Å²) in [5.74, 6) is -0.407. The molecule has 1 fully saturated rings. The number of rotatable bonds is 3. The summed E-state index contributed by atoms with van der Waals surface area (Å²) in [5, 5.41) is 10.6. The lowest BCUT2D eigenvalue weighted by atomic mass is 9.67. The van der Waals surface area contributed by atoms with Gasteiger partial charge in [0.25, 0.3) is 0 Å². The first-order valence-corrected chi connectivity index (χ1v) is 7.12. The van der Waals surface area contributed by atoms with Gasteiger partial charge in [-0.25, -0.2) is 4.39 Å². The zero-order valence-corrected chi connectivity index (χ0v) is 12.3. The van der Waals surface area contributed by atoms with Crippen LogP contribution in [0.2, 0.25) is 5.02 Å². The van der Waals surface area contributed by atoms with E-state index in [2.05, 4.69) is 4.90 Å². The van der Waals surface area contributed by atoms with Gasteiger partial charge in [-0.2, -0.15) is 0 Å². The fourth-order valence-corrected chi connectivity index (χ4v) is 3.32. The van der Waals surface area contributed by atoms with Crippen LogP contribution in [0.5, 0.6) is 0 Å². The molecule has 0 saturated heterocycles. The zero-order chi connectivity index (χ0) is 14.0.